The summed E-state index contributed by atoms with van der Waals surface area (Å²) in [7, 11) is -3.52. The Morgan fingerprint density at radius 2 is 1.67 bits per heavy atom. The number of carboxylic acids is 1. The number of carboxylic acid groups (broad SMARTS) is 1. The molecule has 0 unspecified atom stereocenters. The van der Waals surface area contributed by atoms with Crippen LogP contribution < -0.4 is 5.32 Å². The minimum absolute atomic E-state index is 0.139. The van der Waals surface area contributed by atoms with Gasteiger partial charge in [0.25, 0.3) is 5.91 Å². The van der Waals surface area contributed by atoms with E-state index >= 15 is 0 Å². The average molecular weight is 354 g/mol. The molecular weight excluding hydrogens is 332 g/mol. The number of nitrogens with one attached hydrogen (secondary N) is 1. The molecule has 0 radical (unpaired) electrons. The van der Waals surface area contributed by atoms with E-state index in [4.69, 9.17) is 5.11 Å². The topological polar surface area (TPSA) is 104 Å². The van der Waals surface area contributed by atoms with E-state index in [0.717, 1.165) is 12.8 Å². The summed E-state index contributed by atoms with van der Waals surface area (Å²) in [5, 5.41) is 11.6. The van der Waals surface area contributed by atoms with Crippen molar-refractivity contribution in [2.75, 3.05) is 13.1 Å². The summed E-state index contributed by atoms with van der Waals surface area (Å²) in [5.74, 6) is -1.91. The predicted molar refractivity (Wildman–Crippen MR) is 88.2 cm³/mol. The van der Waals surface area contributed by atoms with Gasteiger partial charge in [0.15, 0.2) is 0 Å². The second-order valence-electron chi connectivity index (χ2n) is 6.17. The second kappa shape index (κ2) is 7.31. The molecule has 1 heterocycles. The molecule has 0 spiro atoms. The van der Waals surface area contributed by atoms with Gasteiger partial charge in [0, 0.05) is 18.7 Å². The summed E-state index contributed by atoms with van der Waals surface area (Å²) in [6, 6.07) is 4.57. The first-order valence-corrected chi connectivity index (χ1v) is 9.31. The van der Waals surface area contributed by atoms with Gasteiger partial charge in [0.1, 0.15) is 6.04 Å². The summed E-state index contributed by atoms with van der Waals surface area (Å²) < 4.78 is 26.3. The van der Waals surface area contributed by atoms with E-state index < -0.39 is 27.9 Å². The van der Waals surface area contributed by atoms with Gasteiger partial charge in [0.05, 0.1) is 4.90 Å². The van der Waals surface area contributed by atoms with Gasteiger partial charge < -0.3 is 10.4 Å². The molecule has 2 N–H and O–H groups in total. The zero-order valence-corrected chi connectivity index (χ0v) is 14.5. The minimum atomic E-state index is -3.52. The lowest BCUT2D eigenvalue weighted by molar-refractivity contribution is -0.140. The van der Waals surface area contributed by atoms with Crippen molar-refractivity contribution < 1.29 is 23.1 Å². The Hall–Kier alpha value is -1.93. The van der Waals surface area contributed by atoms with Crippen LogP contribution in [-0.2, 0) is 14.8 Å². The van der Waals surface area contributed by atoms with E-state index in [0.29, 0.717) is 13.1 Å². The van der Waals surface area contributed by atoms with E-state index in [-0.39, 0.29) is 16.4 Å². The highest BCUT2D eigenvalue weighted by molar-refractivity contribution is 7.89. The predicted octanol–water partition coefficient (Wildman–Crippen LogP) is 1.31. The zero-order chi connectivity index (χ0) is 17.9. The van der Waals surface area contributed by atoms with Gasteiger partial charge >= 0.3 is 5.97 Å². The van der Waals surface area contributed by atoms with Crippen molar-refractivity contribution in [3.8, 4) is 0 Å². The first-order valence-electron chi connectivity index (χ1n) is 7.87. The van der Waals surface area contributed by atoms with E-state index in [1.165, 1.54) is 28.6 Å². The minimum Gasteiger partial charge on any atom is -0.480 e. The second-order valence-corrected chi connectivity index (χ2v) is 8.11. The number of nitrogens with zero attached hydrogens (tertiary/aromatic N) is 1. The Kier molecular flexibility index (Phi) is 5.61. The molecule has 2 rings (SSSR count). The molecule has 1 aromatic rings. The first kappa shape index (κ1) is 18.4. The monoisotopic (exact) mass is 354 g/mol. The maximum Gasteiger partial charge on any atom is 0.326 e. The number of aliphatic carboxylic acids is 1. The lowest BCUT2D eigenvalue weighted by Crippen LogP contribution is -2.44. The maximum atomic E-state index is 12.4. The molecule has 1 amide bonds. The van der Waals surface area contributed by atoms with E-state index in [2.05, 4.69) is 5.32 Å². The summed E-state index contributed by atoms with van der Waals surface area (Å²) >= 11 is 0. The fourth-order valence-corrected chi connectivity index (χ4v) is 4.11. The normalized spacial score (nSPS) is 17.0. The van der Waals surface area contributed by atoms with Gasteiger partial charge in [-0.25, -0.2) is 13.2 Å². The molecule has 0 aliphatic carbocycles. The summed E-state index contributed by atoms with van der Waals surface area (Å²) in [6.45, 7) is 4.42. The first-order chi connectivity index (χ1) is 11.2. The van der Waals surface area contributed by atoms with Crippen LogP contribution in [0.15, 0.2) is 29.2 Å². The number of benzene rings is 1. The van der Waals surface area contributed by atoms with Crippen LogP contribution in [0, 0.1) is 5.92 Å². The van der Waals surface area contributed by atoms with Gasteiger partial charge in [-0.2, -0.15) is 4.31 Å². The van der Waals surface area contributed by atoms with Crippen LogP contribution in [0.5, 0.6) is 0 Å². The smallest absolute Gasteiger partial charge is 0.326 e. The third-order valence-electron chi connectivity index (χ3n) is 4.04. The van der Waals surface area contributed by atoms with Crippen molar-refractivity contribution >= 4 is 21.9 Å². The van der Waals surface area contributed by atoms with Crippen LogP contribution in [0.2, 0.25) is 0 Å². The highest BCUT2D eigenvalue weighted by Gasteiger charge is 2.28. The molecule has 1 atom stereocenters. The molecule has 8 heteroatoms. The van der Waals surface area contributed by atoms with Gasteiger partial charge in [-0.15, -0.1) is 0 Å². The molecule has 132 valence electrons. The Bertz CT molecular complexity index is 706. The average Bonchev–Trinajstić information content (AvgIpc) is 3.07. The molecule has 1 saturated heterocycles. The van der Waals surface area contributed by atoms with Crippen LogP contribution in [0.1, 0.15) is 37.0 Å². The van der Waals surface area contributed by atoms with Crippen molar-refractivity contribution in [3.05, 3.63) is 29.8 Å². The van der Waals surface area contributed by atoms with Gasteiger partial charge in [0.2, 0.25) is 10.0 Å². The van der Waals surface area contributed by atoms with E-state index in [1.807, 2.05) is 0 Å². The number of amides is 1. The Balaban J connectivity index is 2.14. The number of carbonyl (C=O) groups is 2. The van der Waals surface area contributed by atoms with Crippen molar-refractivity contribution in [3.63, 3.8) is 0 Å². The maximum absolute atomic E-state index is 12.4. The fourth-order valence-electron chi connectivity index (χ4n) is 2.59. The largest absolute Gasteiger partial charge is 0.480 e. The van der Waals surface area contributed by atoms with Gasteiger partial charge in [-0.05, 0) is 43.0 Å². The molecule has 24 heavy (non-hydrogen) atoms. The molecule has 1 fully saturated rings. The van der Waals surface area contributed by atoms with Gasteiger partial charge in [-0.1, -0.05) is 13.8 Å². The van der Waals surface area contributed by atoms with Gasteiger partial charge in [-0.3, -0.25) is 4.79 Å². The van der Waals surface area contributed by atoms with Crippen LogP contribution in [-0.4, -0.2) is 48.8 Å². The quantitative estimate of drug-likeness (QED) is 0.802. The van der Waals surface area contributed by atoms with Crippen LogP contribution in [0.25, 0.3) is 0 Å². The molecule has 0 saturated carbocycles. The standard InChI is InChI=1S/C16H22N2O5S/c1-11(2)14(16(20)21)17-15(19)12-5-7-13(8-6-12)24(22,23)18-9-3-4-10-18/h5-8,11,14H,3-4,9-10H2,1-2H3,(H,17,19)(H,20,21)/t14-/m1/s1. The lowest BCUT2D eigenvalue weighted by atomic mass is 10.0. The van der Waals surface area contributed by atoms with Crippen molar-refractivity contribution in [1.82, 2.24) is 9.62 Å². The lowest BCUT2D eigenvalue weighted by Gasteiger charge is -2.18. The molecular formula is C16H22N2O5S. The number of hydrogen-bond acceptors (Lipinski definition) is 4. The number of carbonyl (C=O) groups excluding carboxylic acids is 1. The molecule has 1 aromatic carbocycles. The zero-order valence-electron chi connectivity index (χ0n) is 13.7. The summed E-state index contributed by atoms with van der Waals surface area (Å²) in [6.07, 6.45) is 1.71. The molecule has 1 aliphatic rings. The number of hydrogen-bond donors (Lipinski definition) is 2. The Morgan fingerprint density at radius 1 is 1.12 bits per heavy atom. The van der Waals surface area contributed by atoms with Crippen molar-refractivity contribution in [2.24, 2.45) is 5.92 Å². The number of rotatable bonds is 6. The third kappa shape index (κ3) is 3.93. The highest BCUT2D eigenvalue weighted by Crippen LogP contribution is 2.21. The SMILES string of the molecule is CC(C)[C@@H](NC(=O)c1ccc(S(=O)(=O)N2CCCC2)cc1)C(=O)O. The molecule has 0 aromatic heterocycles. The molecule has 7 nitrogen and oxygen atoms in total. The fraction of sp³-hybridized carbons (Fsp3) is 0.500. The Morgan fingerprint density at radius 3 is 2.12 bits per heavy atom. The van der Waals surface area contributed by atoms with E-state index in [9.17, 15) is 18.0 Å². The molecule has 0 bridgehead atoms. The highest BCUT2D eigenvalue weighted by atomic mass is 32.2. The molecule has 1 aliphatic heterocycles. The third-order valence-corrected chi connectivity index (χ3v) is 5.95. The summed E-state index contributed by atoms with van der Waals surface area (Å²) in [4.78, 5) is 23.4. The van der Waals surface area contributed by atoms with Crippen LogP contribution in [0.4, 0.5) is 0 Å². The summed E-state index contributed by atoms with van der Waals surface area (Å²) in [5.41, 5.74) is 0.224. The van der Waals surface area contributed by atoms with Crippen LogP contribution in [0.3, 0.4) is 0 Å². The van der Waals surface area contributed by atoms with Crippen molar-refractivity contribution in [1.29, 1.82) is 0 Å². The number of sulfonamides is 1. The van der Waals surface area contributed by atoms with Crippen molar-refractivity contribution in [2.45, 2.75) is 37.6 Å². The van der Waals surface area contributed by atoms with Crippen LogP contribution >= 0.6 is 0 Å². The Labute approximate surface area is 141 Å². The van der Waals surface area contributed by atoms with E-state index in [1.54, 1.807) is 13.8 Å².